The van der Waals surface area contributed by atoms with Crippen molar-refractivity contribution in [2.24, 2.45) is 0 Å². The molecule has 1 N–H and O–H groups in total. The van der Waals surface area contributed by atoms with Crippen molar-refractivity contribution in [2.45, 2.75) is 38.8 Å². The standard InChI is InChI=1S/C14H21ClN2/c1-11-10-17(14(2,3)8-9-16-11)13-6-4-12(15)5-7-13/h4-7,11,16H,8-10H2,1-3H3. The van der Waals surface area contributed by atoms with Gasteiger partial charge in [0, 0.05) is 28.8 Å². The predicted octanol–water partition coefficient (Wildman–Crippen LogP) is 3.31. The highest BCUT2D eigenvalue weighted by molar-refractivity contribution is 6.30. The highest BCUT2D eigenvalue weighted by Crippen LogP contribution is 2.29. The Bertz CT molecular complexity index is 372. The van der Waals surface area contributed by atoms with Crippen LogP contribution in [0, 0.1) is 0 Å². The number of anilines is 1. The molecule has 0 saturated carbocycles. The quantitative estimate of drug-likeness (QED) is 0.825. The SMILES string of the molecule is CC1CN(c2ccc(Cl)cc2)C(C)(C)CCN1. The van der Waals surface area contributed by atoms with Gasteiger partial charge in [-0.1, -0.05) is 11.6 Å². The van der Waals surface area contributed by atoms with Gasteiger partial charge in [0.2, 0.25) is 0 Å². The summed E-state index contributed by atoms with van der Waals surface area (Å²) < 4.78 is 0. The molecular weight excluding hydrogens is 232 g/mol. The number of halogens is 1. The van der Waals surface area contributed by atoms with Crippen LogP contribution in [0.4, 0.5) is 5.69 Å². The largest absolute Gasteiger partial charge is 0.365 e. The number of hydrogen-bond donors (Lipinski definition) is 1. The van der Waals surface area contributed by atoms with Crippen LogP contribution in [0.1, 0.15) is 27.2 Å². The van der Waals surface area contributed by atoms with E-state index < -0.39 is 0 Å². The van der Waals surface area contributed by atoms with Crippen LogP contribution in [0.5, 0.6) is 0 Å². The Labute approximate surface area is 109 Å². The van der Waals surface area contributed by atoms with Crippen molar-refractivity contribution in [3.8, 4) is 0 Å². The van der Waals surface area contributed by atoms with Gasteiger partial charge >= 0.3 is 0 Å². The molecular formula is C14H21ClN2. The second-order valence-corrected chi connectivity index (χ2v) is 5.94. The molecule has 0 aromatic heterocycles. The molecule has 1 saturated heterocycles. The number of nitrogens with zero attached hydrogens (tertiary/aromatic N) is 1. The van der Waals surface area contributed by atoms with Gasteiger partial charge in [0.05, 0.1) is 0 Å². The van der Waals surface area contributed by atoms with Crippen LogP contribution in [0.3, 0.4) is 0 Å². The number of nitrogens with one attached hydrogen (secondary N) is 1. The summed E-state index contributed by atoms with van der Waals surface area (Å²) in [5.41, 5.74) is 1.45. The Balaban J connectivity index is 2.29. The lowest BCUT2D eigenvalue weighted by atomic mass is 9.97. The molecule has 1 aliphatic heterocycles. The van der Waals surface area contributed by atoms with E-state index in [-0.39, 0.29) is 5.54 Å². The molecule has 2 rings (SSSR count). The maximum absolute atomic E-state index is 5.95. The predicted molar refractivity (Wildman–Crippen MR) is 75.0 cm³/mol. The van der Waals surface area contributed by atoms with E-state index in [1.807, 2.05) is 12.1 Å². The van der Waals surface area contributed by atoms with E-state index in [9.17, 15) is 0 Å². The zero-order valence-electron chi connectivity index (χ0n) is 10.8. The first-order valence-corrected chi connectivity index (χ1v) is 6.63. The maximum atomic E-state index is 5.95. The van der Waals surface area contributed by atoms with Crippen molar-refractivity contribution in [3.63, 3.8) is 0 Å². The van der Waals surface area contributed by atoms with Gasteiger partial charge in [0.15, 0.2) is 0 Å². The average Bonchev–Trinajstić information content (AvgIpc) is 2.39. The Hall–Kier alpha value is -0.730. The molecule has 1 fully saturated rings. The molecule has 1 aromatic rings. The second kappa shape index (κ2) is 4.87. The zero-order valence-corrected chi connectivity index (χ0v) is 11.6. The van der Waals surface area contributed by atoms with Crippen LogP contribution in [0.25, 0.3) is 0 Å². The van der Waals surface area contributed by atoms with E-state index in [1.165, 1.54) is 5.69 Å². The van der Waals surface area contributed by atoms with Gasteiger partial charge in [-0.05, 0) is 58.0 Å². The summed E-state index contributed by atoms with van der Waals surface area (Å²) in [6.07, 6.45) is 1.15. The van der Waals surface area contributed by atoms with Crippen LogP contribution in [-0.2, 0) is 0 Å². The molecule has 0 aliphatic carbocycles. The molecule has 1 heterocycles. The van der Waals surface area contributed by atoms with E-state index in [2.05, 4.69) is 43.1 Å². The Morgan fingerprint density at radius 1 is 1.29 bits per heavy atom. The van der Waals surface area contributed by atoms with Gasteiger partial charge in [-0.15, -0.1) is 0 Å². The molecule has 17 heavy (non-hydrogen) atoms. The summed E-state index contributed by atoms with van der Waals surface area (Å²) in [6.45, 7) is 8.97. The number of benzene rings is 1. The zero-order chi connectivity index (χ0) is 12.5. The van der Waals surface area contributed by atoms with Crippen molar-refractivity contribution in [3.05, 3.63) is 29.3 Å². The summed E-state index contributed by atoms with van der Waals surface area (Å²) >= 11 is 5.95. The van der Waals surface area contributed by atoms with Crippen molar-refractivity contribution < 1.29 is 0 Å². The minimum absolute atomic E-state index is 0.186. The molecule has 0 spiro atoms. The van der Waals surface area contributed by atoms with Gasteiger partial charge in [-0.3, -0.25) is 0 Å². The Morgan fingerprint density at radius 3 is 2.59 bits per heavy atom. The fraction of sp³-hybridized carbons (Fsp3) is 0.571. The van der Waals surface area contributed by atoms with Crippen LogP contribution in [0.15, 0.2) is 24.3 Å². The van der Waals surface area contributed by atoms with Gasteiger partial charge in [-0.2, -0.15) is 0 Å². The summed E-state index contributed by atoms with van der Waals surface area (Å²) in [5.74, 6) is 0. The minimum atomic E-state index is 0.186. The van der Waals surface area contributed by atoms with E-state index >= 15 is 0 Å². The Kier molecular flexibility index (Phi) is 3.64. The number of hydrogen-bond acceptors (Lipinski definition) is 2. The first kappa shape index (κ1) is 12.7. The van der Waals surface area contributed by atoms with Gasteiger partial charge < -0.3 is 10.2 Å². The smallest absolute Gasteiger partial charge is 0.0407 e. The lowest BCUT2D eigenvalue weighted by Gasteiger charge is -2.39. The first-order valence-electron chi connectivity index (χ1n) is 6.26. The van der Waals surface area contributed by atoms with Crippen LogP contribution >= 0.6 is 11.6 Å². The summed E-state index contributed by atoms with van der Waals surface area (Å²) in [4.78, 5) is 2.48. The summed E-state index contributed by atoms with van der Waals surface area (Å²) in [6, 6.07) is 8.68. The van der Waals surface area contributed by atoms with Crippen LogP contribution in [-0.4, -0.2) is 24.7 Å². The third-order valence-corrected chi connectivity index (χ3v) is 3.81. The van der Waals surface area contributed by atoms with Crippen molar-refractivity contribution in [1.82, 2.24) is 5.32 Å². The molecule has 3 heteroatoms. The van der Waals surface area contributed by atoms with Gasteiger partial charge in [0.1, 0.15) is 0 Å². The van der Waals surface area contributed by atoms with Crippen LogP contribution in [0.2, 0.25) is 5.02 Å². The molecule has 1 aliphatic rings. The monoisotopic (exact) mass is 252 g/mol. The lowest BCUT2D eigenvalue weighted by molar-refractivity contribution is 0.453. The third-order valence-electron chi connectivity index (χ3n) is 3.56. The molecule has 0 radical (unpaired) electrons. The van der Waals surface area contributed by atoms with E-state index in [0.29, 0.717) is 6.04 Å². The molecule has 1 atom stereocenters. The van der Waals surface area contributed by atoms with Crippen molar-refractivity contribution >= 4 is 17.3 Å². The fourth-order valence-electron chi connectivity index (χ4n) is 2.42. The third kappa shape index (κ3) is 2.93. The first-order chi connectivity index (χ1) is 7.99. The van der Waals surface area contributed by atoms with E-state index in [4.69, 9.17) is 11.6 Å². The normalized spacial score (nSPS) is 24.5. The molecule has 94 valence electrons. The van der Waals surface area contributed by atoms with E-state index in [1.54, 1.807) is 0 Å². The highest BCUT2D eigenvalue weighted by atomic mass is 35.5. The Morgan fingerprint density at radius 2 is 1.94 bits per heavy atom. The van der Waals surface area contributed by atoms with Gasteiger partial charge in [0.25, 0.3) is 0 Å². The molecule has 2 nitrogen and oxygen atoms in total. The van der Waals surface area contributed by atoms with E-state index in [0.717, 1.165) is 24.5 Å². The average molecular weight is 253 g/mol. The van der Waals surface area contributed by atoms with Crippen molar-refractivity contribution in [2.75, 3.05) is 18.0 Å². The van der Waals surface area contributed by atoms with Crippen molar-refractivity contribution in [1.29, 1.82) is 0 Å². The lowest BCUT2D eigenvalue weighted by Crippen LogP contribution is -2.46. The molecule has 1 aromatic carbocycles. The highest BCUT2D eigenvalue weighted by Gasteiger charge is 2.30. The topological polar surface area (TPSA) is 15.3 Å². The molecule has 0 amide bonds. The minimum Gasteiger partial charge on any atom is -0.365 e. The summed E-state index contributed by atoms with van der Waals surface area (Å²) in [5, 5.41) is 4.34. The summed E-state index contributed by atoms with van der Waals surface area (Å²) in [7, 11) is 0. The number of rotatable bonds is 1. The van der Waals surface area contributed by atoms with Crippen LogP contribution < -0.4 is 10.2 Å². The second-order valence-electron chi connectivity index (χ2n) is 5.50. The molecule has 0 bridgehead atoms. The fourth-order valence-corrected chi connectivity index (χ4v) is 2.55. The maximum Gasteiger partial charge on any atom is 0.0407 e. The molecule has 1 unspecified atom stereocenters. The van der Waals surface area contributed by atoms with Gasteiger partial charge in [-0.25, -0.2) is 0 Å².